The third kappa shape index (κ3) is 5.28. The van der Waals surface area contributed by atoms with Crippen molar-refractivity contribution in [3.05, 3.63) is 41.7 Å². The molecule has 0 aromatic heterocycles. The Balaban J connectivity index is 1.84. The summed E-state index contributed by atoms with van der Waals surface area (Å²) in [5.41, 5.74) is 2.04. The van der Waals surface area contributed by atoms with Crippen LogP contribution in [-0.4, -0.2) is 62.1 Å². The molecule has 2 rings (SSSR count). The van der Waals surface area contributed by atoms with Crippen molar-refractivity contribution in [2.75, 3.05) is 38.5 Å². The smallest absolute Gasteiger partial charge is 0.317 e. The van der Waals surface area contributed by atoms with Crippen LogP contribution in [0.3, 0.4) is 0 Å². The van der Waals surface area contributed by atoms with Gasteiger partial charge in [-0.3, -0.25) is 0 Å². The van der Waals surface area contributed by atoms with Crippen LogP contribution in [0.4, 0.5) is 9.18 Å². The zero-order chi connectivity index (χ0) is 19.2. The molecule has 2 amide bonds. The van der Waals surface area contributed by atoms with Crippen molar-refractivity contribution in [3.8, 4) is 0 Å². The van der Waals surface area contributed by atoms with Gasteiger partial charge in [0.05, 0.1) is 5.75 Å². The molecule has 1 aromatic rings. The van der Waals surface area contributed by atoms with Crippen LogP contribution in [0.5, 0.6) is 0 Å². The lowest BCUT2D eigenvalue weighted by atomic mass is 10.00. The maximum atomic E-state index is 13.0. The summed E-state index contributed by atoms with van der Waals surface area (Å²) in [6, 6.07) is 6.04. The number of nitrogens with zero attached hydrogens (tertiary/aromatic N) is 2. The first-order valence-electron chi connectivity index (χ1n) is 8.83. The quantitative estimate of drug-likeness (QED) is 0.785. The Labute approximate surface area is 154 Å². The summed E-state index contributed by atoms with van der Waals surface area (Å²) in [5, 5.41) is 2.68. The molecule has 0 atom stereocenters. The first-order chi connectivity index (χ1) is 12.4. The second kappa shape index (κ2) is 9.14. The number of hydrogen-bond donors (Lipinski definition) is 1. The van der Waals surface area contributed by atoms with E-state index in [9.17, 15) is 17.6 Å². The number of carbonyl (C=O) groups excluding carboxylic acids is 1. The first kappa shape index (κ1) is 20.4. The molecule has 144 valence electrons. The molecule has 6 nitrogen and oxygen atoms in total. The summed E-state index contributed by atoms with van der Waals surface area (Å²) in [4.78, 5) is 13.8. The lowest BCUT2D eigenvalue weighted by molar-refractivity contribution is 0.203. The topological polar surface area (TPSA) is 69.7 Å². The number of benzene rings is 1. The molecule has 8 heteroatoms. The Morgan fingerprint density at radius 1 is 1.23 bits per heavy atom. The molecule has 0 saturated carbocycles. The van der Waals surface area contributed by atoms with E-state index in [1.165, 1.54) is 16.4 Å². The average molecular weight is 383 g/mol. The highest BCUT2D eigenvalue weighted by Gasteiger charge is 2.21. The summed E-state index contributed by atoms with van der Waals surface area (Å²) in [6.45, 7) is 5.50. The predicted molar refractivity (Wildman–Crippen MR) is 101 cm³/mol. The van der Waals surface area contributed by atoms with Crippen LogP contribution in [0.25, 0.3) is 5.57 Å². The van der Waals surface area contributed by atoms with Gasteiger partial charge in [0, 0.05) is 32.7 Å². The SMILES string of the molecule is CCN(CC)S(=O)(=O)CCNC(=O)N1CC=C(c2ccc(F)cc2)CC1. The van der Waals surface area contributed by atoms with Gasteiger partial charge < -0.3 is 10.2 Å². The number of amides is 2. The fraction of sp³-hybridized carbons (Fsp3) is 0.500. The van der Waals surface area contributed by atoms with Crippen molar-refractivity contribution in [2.45, 2.75) is 20.3 Å². The second-order valence-corrected chi connectivity index (χ2v) is 8.15. The molecule has 0 radical (unpaired) electrons. The van der Waals surface area contributed by atoms with Gasteiger partial charge in [-0.1, -0.05) is 32.1 Å². The zero-order valence-electron chi connectivity index (χ0n) is 15.2. The normalized spacial score (nSPS) is 15.1. The van der Waals surface area contributed by atoms with E-state index in [0.717, 1.165) is 11.1 Å². The van der Waals surface area contributed by atoms with Crippen molar-refractivity contribution in [1.82, 2.24) is 14.5 Å². The van der Waals surface area contributed by atoms with Gasteiger partial charge in [-0.25, -0.2) is 21.9 Å². The molecular formula is C18H26FN3O3S. The van der Waals surface area contributed by atoms with Gasteiger partial charge in [0.15, 0.2) is 0 Å². The minimum absolute atomic E-state index is 0.0860. The van der Waals surface area contributed by atoms with Gasteiger partial charge in [-0.15, -0.1) is 0 Å². The highest BCUT2D eigenvalue weighted by molar-refractivity contribution is 7.89. The van der Waals surface area contributed by atoms with Crippen LogP contribution in [-0.2, 0) is 10.0 Å². The van der Waals surface area contributed by atoms with E-state index in [1.807, 2.05) is 6.08 Å². The molecule has 1 aliphatic rings. The van der Waals surface area contributed by atoms with Gasteiger partial charge in [-0.05, 0) is 29.7 Å². The number of nitrogens with one attached hydrogen (secondary N) is 1. The van der Waals surface area contributed by atoms with E-state index in [1.54, 1.807) is 30.9 Å². The molecule has 1 N–H and O–H groups in total. The molecule has 1 aromatic carbocycles. The minimum atomic E-state index is -3.34. The first-order valence-corrected chi connectivity index (χ1v) is 10.4. The fourth-order valence-corrected chi connectivity index (χ4v) is 4.33. The monoisotopic (exact) mass is 383 g/mol. The summed E-state index contributed by atoms with van der Waals surface area (Å²) in [6.07, 6.45) is 2.62. The third-order valence-electron chi connectivity index (χ3n) is 4.45. The maximum absolute atomic E-state index is 13.0. The average Bonchev–Trinajstić information content (AvgIpc) is 2.63. The standard InChI is InChI=1S/C18H26FN3O3S/c1-3-22(4-2)26(24,25)14-11-20-18(23)21-12-9-16(10-13-21)15-5-7-17(19)8-6-15/h5-9H,3-4,10-14H2,1-2H3,(H,20,23). The van der Waals surface area contributed by atoms with E-state index >= 15 is 0 Å². The molecule has 0 unspecified atom stereocenters. The van der Waals surface area contributed by atoms with Crippen LogP contribution >= 0.6 is 0 Å². The van der Waals surface area contributed by atoms with Crippen molar-refractivity contribution in [3.63, 3.8) is 0 Å². The molecule has 0 spiro atoms. The summed E-state index contributed by atoms with van der Waals surface area (Å²) in [5.74, 6) is -0.379. The zero-order valence-corrected chi connectivity index (χ0v) is 16.1. The number of rotatable bonds is 7. The molecular weight excluding hydrogens is 357 g/mol. The van der Waals surface area contributed by atoms with Crippen molar-refractivity contribution in [1.29, 1.82) is 0 Å². The van der Waals surface area contributed by atoms with Crippen molar-refractivity contribution in [2.24, 2.45) is 0 Å². The largest absolute Gasteiger partial charge is 0.337 e. The van der Waals surface area contributed by atoms with Crippen LogP contribution in [0, 0.1) is 5.82 Å². The molecule has 1 aliphatic heterocycles. The van der Waals surface area contributed by atoms with Gasteiger partial charge in [-0.2, -0.15) is 0 Å². The minimum Gasteiger partial charge on any atom is -0.337 e. The van der Waals surface area contributed by atoms with Gasteiger partial charge in [0.1, 0.15) is 5.82 Å². The molecule has 1 heterocycles. The fourth-order valence-electron chi connectivity index (χ4n) is 2.92. The molecule has 0 fully saturated rings. The number of halogens is 1. The number of sulfonamides is 1. The molecule has 26 heavy (non-hydrogen) atoms. The van der Waals surface area contributed by atoms with Gasteiger partial charge >= 0.3 is 6.03 Å². The van der Waals surface area contributed by atoms with Crippen LogP contribution < -0.4 is 5.32 Å². The Morgan fingerprint density at radius 2 is 1.88 bits per heavy atom. The summed E-state index contributed by atoms with van der Waals surface area (Å²) < 4.78 is 38.6. The van der Waals surface area contributed by atoms with E-state index in [0.29, 0.717) is 32.6 Å². The maximum Gasteiger partial charge on any atom is 0.317 e. The summed E-state index contributed by atoms with van der Waals surface area (Å²) >= 11 is 0. The van der Waals surface area contributed by atoms with Crippen LogP contribution in [0.1, 0.15) is 25.8 Å². The summed E-state index contributed by atoms with van der Waals surface area (Å²) in [7, 11) is -3.34. The van der Waals surface area contributed by atoms with Crippen LogP contribution in [0.2, 0.25) is 0 Å². The van der Waals surface area contributed by atoms with Crippen LogP contribution in [0.15, 0.2) is 30.3 Å². The highest BCUT2D eigenvalue weighted by Crippen LogP contribution is 2.22. The molecule has 0 bridgehead atoms. The number of urea groups is 1. The number of hydrogen-bond acceptors (Lipinski definition) is 3. The lowest BCUT2D eigenvalue weighted by Gasteiger charge is -2.27. The van der Waals surface area contributed by atoms with E-state index in [2.05, 4.69) is 5.32 Å². The predicted octanol–water partition coefficient (Wildman–Crippen LogP) is 2.30. The Bertz CT molecular complexity index is 743. The lowest BCUT2D eigenvalue weighted by Crippen LogP contribution is -2.44. The van der Waals surface area contributed by atoms with Gasteiger partial charge in [0.2, 0.25) is 10.0 Å². The molecule has 0 aliphatic carbocycles. The Kier molecular flexibility index (Phi) is 7.16. The van der Waals surface area contributed by atoms with E-state index < -0.39 is 10.0 Å². The highest BCUT2D eigenvalue weighted by atomic mass is 32.2. The van der Waals surface area contributed by atoms with Crippen molar-refractivity contribution < 1.29 is 17.6 Å². The second-order valence-electron chi connectivity index (χ2n) is 6.06. The Morgan fingerprint density at radius 3 is 2.42 bits per heavy atom. The van der Waals surface area contributed by atoms with Crippen molar-refractivity contribution >= 4 is 21.6 Å². The van der Waals surface area contributed by atoms with Gasteiger partial charge in [0.25, 0.3) is 0 Å². The number of carbonyl (C=O) groups is 1. The Hall–Kier alpha value is -1.93. The van der Waals surface area contributed by atoms with E-state index in [-0.39, 0.29) is 24.1 Å². The van der Waals surface area contributed by atoms with E-state index in [4.69, 9.17) is 0 Å². The third-order valence-corrected chi connectivity index (χ3v) is 6.47. The molecule has 0 saturated heterocycles.